The van der Waals surface area contributed by atoms with Crippen molar-refractivity contribution in [3.05, 3.63) is 80.5 Å². The van der Waals surface area contributed by atoms with Crippen molar-refractivity contribution in [3.63, 3.8) is 0 Å². The lowest BCUT2D eigenvalue weighted by Gasteiger charge is -2.29. The molecule has 0 radical (unpaired) electrons. The van der Waals surface area contributed by atoms with E-state index in [0.717, 1.165) is 11.6 Å². The Hall–Kier alpha value is -3.61. The molecule has 0 bridgehead atoms. The van der Waals surface area contributed by atoms with Crippen molar-refractivity contribution >= 4 is 17.2 Å². The van der Waals surface area contributed by atoms with Gasteiger partial charge in [-0.3, -0.25) is 13.9 Å². The molecule has 1 saturated heterocycles. The number of rotatable bonds is 3. The van der Waals surface area contributed by atoms with Crippen molar-refractivity contribution in [2.75, 3.05) is 6.61 Å². The molecule has 1 fully saturated rings. The number of hydrogen-bond acceptors (Lipinski definition) is 6. The Morgan fingerprint density at radius 2 is 2.12 bits per heavy atom. The predicted octanol–water partition coefficient (Wildman–Crippen LogP) is 4.10. The highest BCUT2D eigenvalue weighted by molar-refractivity contribution is 6.31. The first-order valence-electron chi connectivity index (χ1n) is 10.7. The molecule has 0 N–H and O–H groups in total. The number of hydrogen-bond donors (Lipinski definition) is 0. The van der Waals surface area contributed by atoms with Crippen LogP contribution in [0.4, 0.5) is 4.39 Å². The smallest absolute Gasteiger partial charge is 0.277 e. The van der Waals surface area contributed by atoms with Crippen molar-refractivity contribution in [2.24, 2.45) is 7.05 Å². The van der Waals surface area contributed by atoms with Crippen LogP contribution < -0.4 is 5.56 Å². The molecular formula is C24H20ClFN6O2. The van der Waals surface area contributed by atoms with Gasteiger partial charge in [0.15, 0.2) is 5.65 Å². The molecule has 1 aliphatic heterocycles. The summed E-state index contributed by atoms with van der Waals surface area (Å²) in [4.78, 5) is 22.3. The predicted molar refractivity (Wildman–Crippen MR) is 123 cm³/mol. The average molecular weight is 479 g/mol. The van der Waals surface area contributed by atoms with E-state index in [-0.39, 0.29) is 39.5 Å². The molecule has 0 spiro atoms. The van der Waals surface area contributed by atoms with Crippen LogP contribution >= 0.6 is 11.6 Å². The molecule has 4 heterocycles. The van der Waals surface area contributed by atoms with Gasteiger partial charge in [-0.2, -0.15) is 10.4 Å². The summed E-state index contributed by atoms with van der Waals surface area (Å²) in [6.45, 7) is 2.12. The number of nitrogens with zero attached hydrogens (tertiary/aromatic N) is 6. The Morgan fingerprint density at radius 3 is 2.82 bits per heavy atom. The van der Waals surface area contributed by atoms with Crippen LogP contribution in [0.5, 0.6) is 0 Å². The van der Waals surface area contributed by atoms with Crippen molar-refractivity contribution in [1.29, 1.82) is 5.26 Å². The van der Waals surface area contributed by atoms with E-state index >= 15 is 4.39 Å². The zero-order valence-electron chi connectivity index (χ0n) is 18.5. The van der Waals surface area contributed by atoms with Crippen LogP contribution in [-0.2, 0) is 11.8 Å². The molecule has 0 aliphatic carbocycles. The van der Waals surface area contributed by atoms with Crippen molar-refractivity contribution in [3.8, 4) is 17.3 Å². The molecule has 8 nitrogen and oxygen atoms in total. The zero-order valence-corrected chi connectivity index (χ0v) is 19.3. The molecule has 0 unspecified atom stereocenters. The Labute approximate surface area is 199 Å². The topological polar surface area (TPSA) is 98.1 Å². The second-order valence-electron chi connectivity index (χ2n) is 8.36. The van der Waals surface area contributed by atoms with E-state index in [1.807, 2.05) is 19.3 Å². The van der Waals surface area contributed by atoms with Crippen LogP contribution in [0, 0.1) is 24.1 Å². The lowest BCUT2D eigenvalue weighted by molar-refractivity contribution is 0.00455. The average Bonchev–Trinajstić information content (AvgIpc) is 3.28. The summed E-state index contributed by atoms with van der Waals surface area (Å²) in [5.74, 6) is -0.664. The third-order valence-corrected chi connectivity index (χ3v) is 6.53. The van der Waals surface area contributed by atoms with Crippen molar-refractivity contribution in [1.82, 2.24) is 24.1 Å². The van der Waals surface area contributed by atoms with Crippen LogP contribution in [-0.4, -0.2) is 30.8 Å². The van der Waals surface area contributed by atoms with Crippen LogP contribution in [0.1, 0.15) is 47.4 Å². The Bertz CT molecular complexity index is 1520. The van der Waals surface area contributed by atoms with E-state index in [9.17, 15) is 4.79 Å². The fourth-order valence-corrected chi connectivity index (χ4v) is 4.44. The number of benzene rings is 1. The van der Waals surface area contributed by atoms with Gasteiger partial charge in [-0.1, -0.05) is 11.6 Å². The number of aryl methyl sites for hydroxylation is 2. The van der Waals surface area contributed by atoms with Crippen molar-refractivity contribution < 1.29 is 9.13 Å². The molecule has 0 amide bonds. The zero-order chi connectivity index (χ0) is 24.0. The number of ether oxygens (including phenoxy) is 1. The van der Waals surface area contributed by atoms with Gasteiger partial charge in [-0.05, 0) is 38.0 Å². The van der Waals surface area contributed by atoms with E-state index in [1.165, 1.54) is 16.5 Å². The first-order valence-corrected chi connectivity index (χ1v) is 11.1. The summed E-state index contributed by atoms with van der Waals surface area (Å²) in [5, 5.41) is 13.3. The van der Waals surface area contributed by atoms with Crippen LogP contribution in [0.15, 0.2) is 41.6 Å². The normalized spacial score (nSPS) is 18.2. The molecule has 10 heteroatoms. The summed E-state index contributed by atoms with van der Waals surface area (Å²) in [7, 11) is 1.85. The van der Waals surface area contributed by atoms with Gasteiger partial charge in [-0.15, -0.1) is 0 Å². The summed E-state index contributed by atoms with van der Waals surface area (Å²) in [6, 6.07) is 6.07. The van der Waals surface area contributed by atoms with Gasteiger partial charge in [0, 0.05) is 43.1 Å². The first kappa shape index (κ1) is 22.2. The molecule has 1 aromatic carbocycles. The summed E-state index contributed by atoms with van der Waals surface area (Å²) in [5.41, 5.74) is 2.24. The maximum Gasteiger partial charge on any atom is 0.277 e. The van der Waals surface area contributed by atoms with E-state index in [4.69, 9.17) is 26.6 Å². The van der Waals surface area contributed by atoms with Crippen LogP contribution in [0.3, 0.4) is 0 Å². The maximum absolute atomic E-state index is 15.0. The maximum atomic E-state index is 15.0. The monoisotopic (exact) mass is 478 g/mol. The van der Waals surface area contributed by atoms with Crippen LogP contribution in [0.25, 0.3) is 16.9 Å². The highest BCUT2D eigenvalue weighted by Crippen LogP contribution is 2.38. The molecular weight excluding hydrogens is 459 g/mol. The Balaban J connectivity index is 1.67. The largest absolute Gasteiger partial charge is 0.373 e. The molecule has 2 atom stereocenters. The Kier molecular flexibility index (Phi) is 5.63. The molecule has 4 aromatic rings. The SMILES string of the molecule is Cc1nc2c(-c3ccc(C#N)cc3F)nc([C@H]3CCO[C@@H](c4cnn(C)c4)C3)cn2c(=O)c1Cl. The highest BCUT2D eigenvalue weighted by atomic mass is 35.5. The van der Waals surface area contributed by atoms with E-state index in [1.54, 1.807) is 24.0 Å². The summed E-state index contributed by atoms with van der Waals surface area (Å²) >= 11 is 6.21. The molecule has 1 aliphatic rings. The standard InChI is InChI=1S/C24H20ClFN6O2/c1-13-21(25)24(33)32-12-19(15-5-6-34-20(8-15)16-10-28-31(2)11-16)30-22(23(32)29-13)17-4-3-14(9-27)7-18(17)26/h3-4,7,10-12,15,20H,5-6,8H2,1-2H3/t15-,20+/m0/s1. The summed E-state index contributed by atoms with van der Waals surface area (Å²) < 4.78 is 24.0. The number of halogens is 2. The minimum absolute atomic E-state index is 0.00103. The molecule has 172 valence electrons. The third kappa shape index (κ3) is 3.85. The van der Waals surface area contributed by atoms with Gasteiger partial charge in [0.2, 0.25) is 0 Å². The number of aromatic nitrogens is 5. The molecule has 34 heavy (non-hydrogen) atoms. The van der Waals surface area contributed by atoms with Gasteiger partial charge < -0.3 is 4.74 Å². The van der Waals surface area contributed by atoms with Gasteiger partial charge in [0.1, 0.15) is 16.5 Å². The van der Waals surface area contributed by atoms with E-state index in [2.05, 4.69) is 10.1 Å². The second kappa shape index (κ2) is 8.63. The second-order valence-corrected chi connectivity index (χ2v) is 8.74. The lowest BCUT2D eigenvalue weighted by atomic mass is 9.90. The van der Waals surface area contributed by atoms with Gasteiger partial charge in [0.05, 0.1) is 35.3 Å². The third-order valence-electron chi connectivity index (χ3n) is 6.09. The molecule has 3 aromatic heterocycles. The van der Waals surface area contributed by atoms with Gasteiger partial charge in [0.25, 0.3) is 5.56 Å². The molecule has 0 saturated carbocycles. The lowest BCUT2D eigenvalue weighted by Crippen LogP contribution is -2.23. The molecule has 5 rings (SSSR count). The van der Waals surface area contributed by atoms with Crippen LogP contribution in [0.2, 0.25) is 5.02 Å². The Morgan fingerprint density at radius 1 is 1.29 bits per heavy atom. The van der Waals surface area contributed by atoms with Crippen molar-refractivity contribution in [2.45, 2.75) is 31.8 Å². The van der Waals surface area contributed by atoms with E-state index in [0.29, 0.717) is 30.8 Å². The van der Waals surface area contributed by atoms with Gasteiger partial charge in [-0.25, -0.2) is 14.4 Å². The fraction of sp³-hybridized carbons (Fsp3) is 0.292. The summed E-state index contributed by atoms with van der Waals surface area (Å²) in [6.07, 6.45) is 6.46. The quantitative estimate of drug-likeness (QED) is 0.439. The minimum Gasteiger partial charge on any atom is -0.373 e. The van der Waals surface area contributed by atoms with E-state index < -0.39 is 11.4 Å². The highest BCUT2D eigenvalue weighted by Gasteiger charge is 2.29. The first-order chi connectivity index (χ1) is 16.4. The number of nitriles is 1. The number of fused-ring (bicyclic) bond motifs is 1. The van der Waals surface area contributed by atoms with Gasteiger partial charge >= 0.3 is 0 Å². The minimum atomic E-state index is -0.618. The fourth-order valence-electron chi connectivity index (χ4n) is 4.30.